The van der Waals surface area contributed by atoms with Crippen LogP contribution >= 0.6 is 11.6 Å². The Morgan fingerprint density at radius 3 is 2.90 bits per heavy atom. The Hall–Kier alpha value is -2.05. The quantitative estimate of drug-likeness (QED) is 0.644. The largest absolute Gasteiger partial charge is 0.353 e. The lowest BCUT2D eigenvalue weighted by molar-refractivity contribution is -0.120. The second kappa shape index (κ2) is 4.81. The molecule has 1 saturated heterocycles. The van der Waals surface area contributed by atoms with Crippen molar-refractivity contribution in [1.82, 2.24) is 15.6 Å². The molecule has 20 heavy (non-hydrogen) atoms. The number of fused-ring (bicyclic) bond motifs is 1. The second-order valence-electron chi connectivity index (χ2n) is 4.77. The molecule has 0 radical (unpaired) electrons. The summed E-state index contributed by atoms with van der Waals surface area (Å²) in [4.78, 5) is 26.7. The summed E-state index contributed by atoms with van der Waals surface area (Å²) in [6.07, 6.45) is 0. The van der Waals surface area contributed by atoms with E-state index < -0.39 is 12.1 Å². The minimum atomic E-state index is -0.697. The first-order chi connectivity index (χ1) is 9.54. The first-order valence-corrected chi connectivity index (χ1v) is 6.55. The summed E-state index contributed by atoms with van der Waals surface area (Å²) < 4.78 is 0. The first-order valence-electron chi connectivity index (χ1n) is 6.17. The van der Waals surface area contributed by atoms with Crippen LogP contribution in [0.2, 0.25) is 5.02 Å². The zero-order chi connectivity index (χ0) is 14.3. The fourth-order valence-corrected chi connectivity index (χ4v) is 2.44. The number of rotatable bonds is 2. The number of carbonyl (C=O) groups is 2. The van der Waals surface area contributed by atoms with E-state index in [-0.39, 0.29) is 11.8 Å². The summed E-state index contributed by atoms with van der Waals surface area (Å²) in [7, 11) is 0. The van der Waals surface area contributed by atoms with Crippen LogP contribution in [0, 0.1) is 0 Å². The normalized spacial score (nSPS) is 22.0. The van der Waals surface area contributed by atoms with Gasteiger partial charge in [0.05, 0.1) is 6.04 Å². The summed E-state index contributed by atoms with van der Waals surface area (Å²) >= 11 is 5.90. The van der Waals surface area contributed by atoms with Gasteiger partial charge in [-0.3, -0.25) is 9.59 Å². The topological polar surface area (TPSA) is 100 Å². The van der Waals surface area contributed by atoms with Crippen molar-refractivity contribution < 1.29 is 9.59 Å². The van der Waals surface area contributed by atoms with Crippen molar-refractivity contribution in [3.63, 3.8) is 0 Å². The lowest BCUT2D eigenvalue weighted by Gasteiger charge is -2.13. The van der Waals surface area contributed by atoms with Gasteiger partial charge in [-0.1, -0.05) is 11.6 Å². The summed E-state index contributed by atoms with van der Waals surface area (Å²) in [5.74, 6) is -0.625. The van der Waals surface area contributed by atoms with Crippen LogP contribution in [-0.4, -0.2) is 35.4 Å². The number of amides is 2. The Balaban J connectivity index is 1.83. The van der Waals surface area contributed by atoms with Crippen LogP contribution in [0.5, 0.6) is 0 Å². The number of halogens is 1. The summed E-state index contributed by atoms with van der Waals surface area (Å²) in [5.41, 5.74) is 6.94. The van der Waals surface area contributed by atoms with E-state index in [1.165, 1.54) is 0 Å². The molecule has 104 valence electrons. The molecule has 1 aromatic carbocycles. The third-order valence-electron chi connectivity index (χ3n) is 3.34. The van der Waals surface area contributed by atoms with Gasteiger partial charge < -0.3 is 21.4 Å². The van der Waals surface area contributed by atoms with Crippen molar-refractivity contribution in [3.8, 4) is 0 Å². The first kappa shape index (κ1) is 13.0. The highest BCUT2D eigenvalue weighted by Gasteiger charge is 2.33. The predicted molar refractivity (Wildman–Crippen MR) is 75.5 cm³/mol. The van der Waals surface area contributed by atoms with Crippen LogP contribution in [0.15, 0.2) is 24.3 Å². The Labute approximate surface area is 119 Å². The monoisotopic (exact) mass is 292 g/mol. The van der Waals surface area contributed by atoms with Gasteiger partial charge in [0.1, 0.15) is 11.7 Å². The van der Waals surface area contributed by atoms with Crippen LogP contribution in [0.4, 0.5) is 0 Å². The van der Waals surface area contributed by atoms with E-state index in [1.54, 1.807) is 24.3 Å². The minimum absolute atomic E-state index is 0.259. The van der Waals surface area contributed by atoms with Gasteiger partial charge in [-0.2, -0.15) is 0 Å². The van der Waals surface area contributed by atoms with Crippen molar-refractivity contribution in [2.75, 3.05) is 6.54 Å². The molecule has 2 heterocycles. The number of carbonyl (C=O) groups excluding carboxylic acids is 2. The average molecular weight is 293 g/mol. The Bertz CT molecular complexity index is 697. The number of H-pyrrole nitrogens is 1. The maximum Gasteiger partial charge on any atom is 0.268 e. The smallest absolute Gasteiger partial charge is 0.268 e. The van der Waals surface area contributed by atoms with Crippen LogP contribution in [0.25, 0.3) is 10.9 Å². The van der Waals surface area contributed by atoms with Gasteiger partial charge in [0, 0.05) is 22.5 Å². The maximum absolute atomic E-state index is 12.1. The number of nitrogens with one attached hydrogen (secondary N) is 3. The number of nitrogens with two attached hydrogens (primary N) is 1. The van der Waals surface area contributed by atoms with E-state index in [4.69, 9.17) is 17.3 Å². The maximum atomic E-state index is 12.1. The van der Waals surface area contributed by atoms with E-state index in [9.17, 15) is 9.59 Å². The minimum Gasteiger partial charge on any atom is -0.353 e. The summed E-state index contributed by atoms with van der Waals surface area (Å²) in [6, 6.07) is 5.88. The van der Waals surface area contributed by atoms with Crippen LogP contribution in [0.1, 0.15) is 10.5 Å². The molecule has 1 aromatic heterocycles. The van der Waals surface area contributed by atoms with Gasteiger partial charge >= 0.3 is 0 Å². The molecule has 7 heteroatoms. The van der Waals surface area contributed by atoms with Crippen molar-refractivity contribution >= 4 is 34.3 Å². The third-order valence-corrected chi connectivity index (χ3v) is 3.57. The Morgan fingerprint density at radius 1 is 1.40 bits per heavy atom. The highest BCUT2D eigenvalue weighted by molar-refractivity contribution is 6.31. The second-order valence-corrected chi connectivity index (χ2v) is 5.21. The Kier molecular flexibility index (Phi) is 3.11. The van der Waals surface area contributed by atoms with Crippen molar-refractivity contribution in [2.45, 2.75) is 12.1 Å². The van der Waals surface area contributed by atoms with Gasteiger partial charge in [0.15, 0.2) is 0 Å². The molecule has 6 nitrogen and oxygen atoms in total. The van der Waals surface area contributed by atoms with E-state index in [2.05, 4.69) is 15.6 Å². The summed E-state index contributed by atoms with van der Waals surface area (Å²) in [6.45, 7) is 0.367. The molecule has 2 atom stereocenters. The molecule has 1 unspecified atom stereocenters. The van der Waals surface area contributed by atoms with Gasteiger partial charge in [0.2, 0.25) is 5.91 Å². The molecule has 0 bridgehead atoms. The number of hydrogen-bond acceptors (Lipinski definition) is 3. The van der Waals surface area contributed by atoms with E-state index >= 15 is 0 Å². The number of benzene rings is 1. The molecule has 0 spiro atoms. The standard InChI is InChI=1S/C13H13ClN4O2/c14-7-1-2-9-6(3-7)4-10(17-9)12(19)18-11-8(15)5-16-13(11)20/h1-4,8,11,17H,5,15H2,(H,16,20)(H,18,19)/t8-,11?/m1/s1. The van der Waals surface area contributed by atoms with Gasteiger partial charge in [0.25, 0.3) is 5.91 Å². The van der Waals surface area contributed by atoms with Crippen molar-refractivity contribution in [2.24, 2.45) is 5.73 Å². The molecule has 5 N–H and O–H groups in total. The van der Waals surface area contributed by atoms with Crippen LogP contribution in [0.3, 0.4) is 0 Å². The predicted octanol–water partition coefficient (Wildman–Crippen LogP) is 0.377. The zero-order valence-electron chi connectivity index (χ0n) is 10.4. The third kappa shape index (κ3) is 2.23. The van der Waals surface area contributed by atoms with Crippen LogP contribution < -0.4 is 16.4 Å². The highest BCUT2D eigenvalue weighted by atomic mass is 35.5. The van der Waals surface area contributed by atoms with Gasteiger partial charge in [-0.05, 0) is 24.3 Å². The van der Waals surface area contributed by atoms with Crippen molar-refractivity contribution in [1.29, 1.82) is 0 Å². The molecule has 0 aliphatic carbocycles. The van der Waals surface area contributed by atoms with Crippen LogP contribution in [-0.2, 0) is 4.79 Å². The molecule has 1 aliphatic rings. The van der Waals surface area contributed by atoms with Gasteiger partial charge in [-0.25, -0.2) is 0 Å². The number of aromatic nitrogens is 1. The average Bonchev–Trinajstić information content (AvgIpc) is 2.96. The molecule has 3 rings (SSSR count). The lowest BCUT2D eigenvalue weighted by atomic mass is 10.1. The fourth-order valence-electron chi connectivity index (χ4n) is 2.26. The van der Waals surface area contributed by atoms with Gasteiger partial charge in [-0.15, -0.1) is 0 Å². The molecule has 0 saturated carbocycles. The number of aromatic amines is 1. The molecule has 1 aliphatic heterocycles. The molecular formula is C13H13ClN4O2. The van der Waals surface area contributed by atoms with E-state index in [0.29, 0.717) is 17.3 Å². The Morgan fingerprint density at radius 2 is 2.20 bits per heavy atom. The van der Waals surface area contributed by atoms with Crippen molar-refractivity contribution in [3.05, 3.63) is 35.0 Å². The lowest BCUT2D eigenvalue weighted by Crippen LogP contribution is -2.48. The molecule has 2 amide bonds. The molecule has 1 fully saturated rings. The zero-order valence-corrected chi connectivity index (χ0v) is 11.2. The number of hydrogen-bond donors (Lipinski definition) is 4. The molecular weight excluding hydrogens is 280 g/mol. The summed E-state index contributed by atoms with van der Waals surface area (Å²) in [5, 5.41) is 6.67. The fraction of sp³-hybridized carbons (Fsp3) is 0.231. The SMILES string of the molecule is N[C@@H]1CNC(=O)C1NC(=O)c1cc2cc(Cl)ccc2[nH]1. The molecule has 2 aromatic rings. The highest BCUT2D eigenvalue weighted by Crippen LogP contribution is 2.20. The van der Waals surface area contributed by atoms with E-state index in [1.807, 2.05) is 0 Å². The van der Waals surface area contributed by atoms with E-state index in [0.717, 1.165) is 10.9 Å².